The van der Waals surface area contributed by atoms with Crippen molar-refractivity contribution in [3.63, 3.8) is 0 Å². The monoisotopic (exact) mass is 1270 g/mol. The lowest BCUT2D eigenvalue weighted by atomic mass is 9.94. The van der Waals surface area contributed by atoms with Crippen LogP contribution in [0.2, 0.25) is 0 Å². The van der Waals surface area contributed by atoms with E-state index in [-0.39, 0.29) is 0 Å². The molecule has 462 valence electrons. The Bertz CT molecular complexity index is 6190. The van der Waals surface area contributed by atoms with E-state index in [9.17, 15) is 10.5 Å². The van der Waals surface area contributed by atoms with Crippen LogP contribution in [-0.2, 0) is 0 Å². The van der Waals surface area contributed by atoms with Crippen molar-refractivity contribution < 1.29 is 0 Å². The van der Waals surface area contributed by atoms with Crippen LogP contribution in [0.25, 0.3) is 187 Å². The summed E-state index contributed by atoms with van der Waals surface area (Å²) in [4.78, 5) is 0. The summed E-state index contributed by atoms with van der Waals surface area (Å²) in [6.45, 7) is 0. The minimum atomic E-state index is 0.570. The summed E-state index contributed by atoms with van der Waals surface area (Å²) in [5, 5.41) is 34.8. The van der Waals surface area contributed by atoms with Crippen LogP contribution in [0.1, 0.15) is 11.1 Å². The highest BCUT2D eigenvalue weighted by Crippen LogP contribution is 2.47. The van der Waals surface area contributed by atoms with Crippen molar-refractivity contribution in [3.05, 3.63) is 339 Å². The fourth-order valence-electron chi connectivity index (χ4n) is 16.7. The molecule has 0 fully saturated rings. The van der Waals surface area contributed by atoms with Crippen molar-refractivity contribution in [2.45, 2.75) is 0 Å². The largest absolute Gasteiger partial charge is 0.309 e. The van der Waals surface area contributed by atoms with Gasteiger partial charge in [-0.2, -0.15) is 10.5 Å². The molecule has 0 bridgehead atoms. The van der Waals surface area contributed by atoms with Crippen molar-refractivity contribution in [1.29, 1.82) is 10.5 Å². The minimum absolute atomic E-state index is 0.570. The van der Waals surface area contributed by atoms with Gasteiger partial charge in [0.15, 0.2) is 0 Å². The first-order valence-electron chi connectivity index (χ1n) is 33.8. The van der Waals surface area contributed by atoms with Gasteiger partial charge in [-0.15, -0.1) is 0 Å². The lowest BCUT2D eigenvalue weighted by Gasteiger charge is -2.22. The quantitative estimate of drug-likeness (QED) is 0.152. The van der Waals surface area contributed by atoms with Crippen LogP contribution in [0.5, 0.6) is 0 Å². The first-order valence-corrected chi connectivity index (χ1v) is 33.8. The number of para-hydroxylation sites is 8. The van der Waals surface area contributed by atoms with Crippen LogP contribution in [0.4, 0.5) is 0 Å². The fourth-order valence-corrected chi connectivity index (χ4v) is 16.7. The zero-order valence-electron chi connectivity index (χ0n) is 53.8. The topological polar surface area (TPSA) is 77.2 Å². The lowest BCUT2D eigenvalue weighted by Crippen LogP contribution is -2.05. The summed E-state index contributed by atoms with van der Waals surface area (Å²) < 4.78 is 14.7. The van der Waals surface area contributed by atoms with Gasteiger partial charge in [-0.1, -0.05) is 194 Å². The Morgan fingerprint density at radius 1 is 0.180 bits per heavy atom. The molecule has 0 radical (unpaired) electrons. The molecular weight excluding hydrogens is 1220 g/mol. The Labute approximate surface area is 572 Å². The van der Waals surface area contributed by atoms with Crippen LogP contribution < -0.4 is 0 Å². The molecule has 8 heteroatoms. The van der Waals surface area contributed by atoms with Crippen LogP contribution in [0.3, 0.4) is 0 Å². The molecular formula is C92H54N8. The summed E-state index contributed by atoms with van der Waals surface area (Å²) >= 11 is 0. The van der Waals surface area contributed by atoms with E-state index in [2.05, 4.69) is 343 Å². The van der Waals surface area contributed by atoms with Crippen molar-refractivity contribution >= 4 is 131 Å². The molecule has 0 saturated carbocycles. The van der Waals surface area contributed by atoms with Crippen LogP contribution >= 0.6 is 0 Å². The minimum Gasteiger partial charge on any atom is -0.309 e. The van der Waals surface area contributed by atoms with E-state index in [0.29, 0.717) is 11.1 Å². The maximum Gasteiger partial charge on any atom is 0.0991 e. The molecule has 21 aromatic rings. The molecule has 15 aromatic carbocycles. The number of rotatable bonds is 8. The van der Waals surface area contributed by atoms with Crippen molar-refractivity contribution in [3.8, 4) is 68.5 Å². The standard InChI is InChI=1S/C92H54N8/c93-55-57-33-37-59(38-34-57)77-53-78(60-39-35-58(56-94)36-40-60)92(100-89-51-63(97-83-29-13-5-21-69(83)70-22-6-14-30-84(70)97)43-47-75(89)76-48-44-64(52-90(76)100)98-85-31-15-7-23-71(85)72-24-8-16-32-86(72)98)54-91(77)99-87-49-61(95-79-25-9-1-17-65(79)66-18-2-10-26-80(66)95)41-45-73(87)74-46-42-62(50-88(74)99)96-81-27-11-3-19-67(81)68-20-4-12-28-82(68)96/h1-54H. The van der Waals surface area contributed by atoms with Gasteiger partial charge in [0.2, 0.25) is 0 Å². The lowest BCUT2D eigenvalue weighted by molar-refractivity contribution is 1.12. The molecule has 0 saturated heterocycles. The van der Waals surface area contributed by atoms with E-state index in [0.717, 1.165) is 144 Å². The second-order valence-electron chi connectivity index (χ2n) is 26.2. The van der Waals surface area contributed by atoms with Crippen LogP contribution in [0, 0.1) is 22.7 Å². The molecule has 0 aliphatic rings. The fraction of sp³-hybridized carbons (Fsp3) is 0. The maximum absolute atomic E-state index is 10.4. The van der Waals surface area contributed by atoms with Gasteiger partial charge in [-0.3, -0.25) is 0 Å². The molecule has 21 rings (SSSR count). The van der Waals surface area contributed by atoms with Gasteiger partial charge < -0.3 is 27.4 Å². The zero-order valence-corrected chi connectivity index (χ0v) is 53.8. The summed E-state index contributed by atoms with van der Waals surface area (Å²) in [6, 6.07) is 124. The second-order valence-corrected chi connectivity index (χ2v) is 26.2. The molecule has 0 unspecified atom stereocenters. The van der Waals surface area contributed by atoms with Crippen molar-refractivity contribution in [1.82, 2.24) is 27.4 Å². The Morgan fingerprint density at radius 2 is 0.390 bits per heavy atom. The third kappa shape index (κ3) is 7.96. The van der Waals surface area contributed by atoms with Gasteiger partial charge in [0, 0.05) is 98.5 Å². The van der Waals surface area contributed by atoms with Crippen molar-refractivity contribution in [2.24, 2.45) is 0 Å². The first kappa shape index (κ1) is 55.4. The number of nitriles is 2. The smallest absolute Gasteiger partial charge is 0.0991 e. The molecule has 6 aromatic heterocycles. The Balaban J connectivity index is 0.938. The first-order chi connectivity index (χ1) is 49.5. The van der Waals surface area contributed by atoms with Gasteiger partial charge in [0.1, 0.15) is 0 Å². The van der Waals surface area contributed by atoms with E-state index < -0.39 is 0 Å². The van der Waals surface area contributed by atoms with Crippen LogP contribution in [-0.4, -0.2) is 27.4 Å². The molecule has 0 aliphatic carbocycles. The highest BCUT2D eigenvalue weighted by atomic mass is 15.1. The highest BCUT2D eigenvalue weighted by Gasteiger charge is 2.27. The van der Waals surface area contributed by atoms with Gasteiger partial charge >= 0.3 is 0 Å². The molecule has 0 N–H and O–H groups in total. The van der Waals surface area contributed by atoms with E-state index in [1.165, 1.54) is 43.1 Å². The number of benzene rings is 15. The second kappa shape index (κ2) is 21.3. The third-order valence-corrected chi connectivity index (χ3v) is 21.1. The summed E-state index contributed by atoms with van der Waals surface area (Å²) in [7, 11) is 0. The summed E-state index contributed by atoms with van der Waals surface area (Å²) in [5.41, 5.74) is 24.0. The van der Waals surface area contributed by atoms with Crippen molar-refractivity contribution in [2.75, 3.05) is 0 Å². The number of nitrogens with zero attached hydrogens (tertiary/aromatic N) is 8. The van der Waals surface area contributed by atoms with E-state index in [4.69, 9.17) is 0 Å². The molecule has 8 nitrogen and oxygen atoms in total. The summed E-state index contributed by atoms with van der Waals surface area (Å²) in [6.07, 6.45) is 0. The highest BCUT2D eigenvalue weighted by molar-refractivity contribution is 6.17. The molecule has 100 heavy (non-hydrogen) atoms. The maximum atomic E-state index is 10.4. The molecule has 6 heterocycles. The summed E-state index contributed by atoms with van der Waals surface area (Å²) in [5.74, 6) is 0. The predicted molar refractivity (Wildman–Crippen MR) is 413 cm³/mol. The molecule has 0 amide bonds. The van der Waals surface area contributed by atoms with E-state index in [1.54, 1.807) is 0 Å². The average Bonchev–Trinajstić information content (AvgIpc) is 1.56. The number of hydrogen-bond donors (Lipinski definition) is 0. The van der Waals surface area contributed by atoms with Crippen LogP contribution in [0.15, 0.2) is 328 Å². The SMILES string of the molecule is N#Cc1ccc(-c2cc(-c3ccc(C#N)cc3)c(-n3c4cc(-n5c6ccccc6c6ccccc65)ccc4c4ccc(-n5c6ccccc6c6ccccc65)cc43)cc2-n2c3cc(-n4c5ccccc5c5ccccc54)ccc3c3ccc(-n4c5ccccc5c5ccccc54)cc32)cc1. The van der Waals surface area contributed by atoms with E-state index >= 15 is 0 Å². The Kier molecular flexibility index (Phi) is 11.8. The van der Waals surface area contributed by atoms with Gasteiger partial charge in [0.05, 0.1) is 101 Å². The Hall–Kier alpha value is -13.9. The van der Waals surface area contributed by atoms with E-state index in [1.807, 2.05) is 24.3 Å². The predicted octanol–water partition coefficient (Wildman–Crippen LogP) is 23.3. The molecule has 0 aliphatic heterocycles. The molecule has 0 atom stereocenters. The third-order valence-electron chi connectivity index (χ3n) is 21.1. The van der Waals surface area contributed by atoms with Gasteiger partial charge in [-0.05, 0) is 145 Å². The number of fused-ring (bicyclic) bond motifs is 18. The number of hydrogen-bond acceptors (Lipinski definition) is 2. The molecule has 0 spiro atoms. The average molecular weight is 1270 g/mol. The zero-order chi connectivity index (χ0) is 65.8. The normalized spacial score (nSPS) is 12.0. The Morgan fingerprint density at radius 3 is 0.610 bits per heavy atom. The van der Waals surface area contributed by atoms with Gasteiger partial charge in [-0.25, -0.2) is 0 Å². The van der Waals surface area contributed by atoms with Gasteiger partial charge in [0.25, 0.3) is 0 Å². The number of aromatic nitrogens is 6.